The molecule has 5 nitrogen and oxygen atoms in total. The number of ether oxygens (including phenoxy) is 1. The van der Waals surface area contributed by atoms with Gasteiger partial charge in [0, 0.05) is 20.1 Å². The molecule has 0 bridgehead atoms. The zero-order valence-corrected chi connectivity index (χ0v) is 10.3. The number of hydrogen-bond acceptors (Lipinski definition) is 3. The molecule has 98 valence electrons. The number of nitrogens with one attached hydrogen (secondary N) is 1. The molecule has 0 aliphatic carbocycles. The Kier molecular flexibility index (Phi) is 5.87. The maximum Gasteiger partial charge on any atom is 0.307 e. The molecule has 18 heavy (non-hydrogen) atoms. The Balaban J connectivity index is 2.55. The van der Waals surface area contributed by atoms with Gasteiger partial charge in [0.05, 0.1) is 13.0 Å². The van der Waals surface area contributed by atoms with Crippen LogP contribution in [-0.2, 0) is 27.3 Å². The Labute approximate surface area is 106 Å². The number of hydrogen-bond donors (Lipinski definition) is 2. The van der Waals surface area contributed by atoms with E-state index in [1.165, 1.54) is 7.11 Å². The average molecular weight is 251 g/mol. The van der Waals surface area contributed by atoms with Crippen LogP contribution in [0.4, 0.5) is 0 Å². The summed E-state index contributed by atoms with van der Waals surface area (Å²) >= 11 is 0. The fraction of sp³-hybridized carbons (Fsp3) is 0.385. The second-order valence-corrected chi connectivity index (χ2v) is 3.86. The van der Waals surface area contributed by atoms with Crippen LogP contribution < -0.4 is 5.32 Å². The van der Waals surface area contributed by atoms with Gasteiger partial charge in [-0.25, -0.2) is 0 Å². The molecular weight excluding hydrogens is 234 g/mol. The van der Waals surface area contributed by atoms with Gasteiger partial charge in [-0.15, -0.1) is 0 Å². The van der Waals surface area contributed by atoms with E-state index in [2.05, 4.69) is 5.32 Å². The molecule has 2 N–H and O–H groups in total. The molecular formula is C13H17NO4. The maximum absolute atomic E-state index is 11.4. The van der Waals surface area contributed by atoms with E-state index >= 15 is 0 Å². The van der Waals surface area contributed by atoms with Crippen molar-refractivity contribution in [1.29, 1.82) is 0 Å². The first-order valence-electron chi connectivity index (χ1n) is 5.67. The van der Waals surface area contributed by atoms with Gasteiger partial charge in [-0.1, -0.05) is 24.3 Å². The van der Waals surface area contributed by atoms with Gasteiger partial charge < -0.3 is 15.2 Å². The topological polar surface area (TPSA) is 75.6 Å². The highest BCUT2D eigenvalue weighted by Crippen LogP contribution is 2.09. The third-order valence-corrected chi connectivity index (χ3v) is 2.47. The van der Waals surface area contributed by atoms with Gasteiger partial charge in [0.2, 0.25) is 5.91 Å². The lowest BCUT2D eigenvalue weighted by Gasteiger charge is -2.09. The van der Waals surface area contributed by atoms with Gasteiger partial charge in [0.1, 0.15) is 0 Å². The van der Waals surface area contributed by atoms with E-state index < -0.39 is 5.97 Å². The summed E-state index contributed by atoms with van der Waals surface area (Å²) in [6.45, 7) is 0.717. The van der Waals surface area contributed by atoms with Crippen LogP contribution >= 0.6 is 0 Å². The Morgan fingerprint density at radius 3 is 2.56 bits per heavy atom. The summed E-state index contributed by atoms with van der Waals surface area (Å²) in [6, 6.07) is 7.18. The van der Waals surface area contributed by atoms with Crippen LogP contribution in [0.1, 0.15) is 17.5 Å². The number of aliphatic carboxylic acids is 1. The number of carboxylic acid groups (broad SMARTS) is 1. The van der Waals surface area contributed by atoms with Crippen LogP contribution in [0.5, 0.6) is 0 Å². The summed E-state index contributed by atoms with van der Waals surface area (Å²) < 4.78 is 4.80. The molecule has 0 saturated carbocycles. The second kappa shape index (κ2) is 7.45. The number of rotatable bonds is 7. The zero-order chi connectivity index (χ0) is 13.4. The molecule has 5 heteroatoms. The van der Waals surface area contributed by atoms with Crippen LogP contribution in [0, 0.1) is 0 Å². The summed E-state index contributed by atoms with van der Waals surface area (Å²) in [7, 11) is 1.54. The maximum atomic E-state index is 11.4. The smallest absolute Gasteiger partial charge is 0.307 e. The van der Waals surface area contributed by atoms with Gasteiger partial charge >= 0.3 is 5.97 Å². The minimum atomic E-state index is -0.881. The molecule has 0 spiro atoms. The molecule has 0 aromatic heterocycles. The third-order valence-electron chi connectivity index (χ3n) is 2.47. The van der Waals surface area contributed by atoms with E-state index in [9.17, 15) is 9.59 Å². The standard InChI is InChI=1S/C13H17NO4/c1-18-7-6-12(15)14-9-11-5-3-2-4-10(11)8-13(16)17/h2-5H,6-9H2,1H3,(H,14,15)(H,16,17). The highest BCUT2D eigenvalue weighted by Gasteiger charge is 2.07. The fourth-order valence-electron chi connectivity index (χ4n) is 1.54. The normalized spacial score (nSPS) is 10.1. The summed E-state index contributed by atoms with van der Waals surface area (Å²) in [5.74, 6) is -0.991. The van der Waals surface area contributed by atoms with Crippen molar-refractivity contribution in [2.45, 2.75) is 19.4 Å². The van der Waals surface area contributed by atoms with Crippen molar-refractivity contribution in [2.75, 3.05) is 13.7 Å². The quantitative estimate of drug-likeness (QED) is 0.757. The minimum absolute atomic E-state index is 0.0376. The molecule has 1 amide bonds. The predicted molar refractivity (Wildman–Crippen MR) is 66.1 cm³/mol. The molecule has 1 rings (SSSR count). The number of carbonyl (C=O) groups excluding carboxylic acids is 1. The number of carboxylic acids is 1. The van der Waals surface area contributed by atoms with Crippen molar-refractivity contribution in [3.63, 3.8) is 0 Å². The first-order valence-corrected chi connectivity index (χ1v) is 5.67. The van der Waals surface area contributed by atoms with E-state index in [1.807, 2.05) is 12.1 Å². The summed E-state index contributed by atoms with van der Waals surface area (Å²) in [4.78, 5) is 22.1. The number of benzene rings is 1. The first kappa shape index (κ1) is 14.2. The van der Waals surface area contributed by atoms with Gasteiger partial charge in [-0.3, -0.25) is 9.59 Å². The summed E-state index contributed by atoms with van der Waals surface area (Å²) in [5, 5.41) is 11.5. The van der Waals surface area contributed by atoms with E-state index in [0.717, 1.165) is 11.1 Å². The van der Waals surface area contributed by atoms with Crippen molar-refractivity contribution >= 4 is 11.9 Å². The fourth-order valence-corrected chi connectivity index (χ4v) is 1.54. The second-order valence-electron chi connectivity index (χ2n) is 3.86. The van der Waals surface area contributed by atoms with Crippen LogP contribution in [0.3, 0.4) is 0 Å². The Hall–Kier alpha value is -1.88. The minimum Gasteiger partial charge on any atom is -0.481 e. The molecule has 0 saturated heterocycles. The van der Waals surface area contributed by atoms with Gasteiger partial charge in [-0.05, 0) is 11.1 Å². The van der Waals surface area contributed by atoms with Crippen molar-refractivity contribution in [1.82, 2.24) is 5.32 Å². The van der Waals surface area contributed by atoms with Crippen molar-refractivity contribution in [3.8, 4) is 0 Å². The highest BCUT2D eigenvalue weighted by molar-refractivity contribution is 5.76. The highest BCUT2D eigenvalue weighted by atomic mass is 16.5. The predicted octanol–water partition coefficient (Wildman–Crippen LogP) is 0.966. The van der Waals surface area contributed by atoms with Gasteiger partial charge in [-0.2, -0.15) is 0 Å². The average Bonchev–Trinajstić information content (AvgIpc) is 2.34. The zero-order valence-electron chi connectivity index (χ0n) is 10.3. The summed E-state index contributed by atoms with van der Waals surface area (Å²) in [6.07, 6.45) is 0.266. The molecule has 1 aromatic rings. The first-order chi connectivity index (χ1) is 8.63. The van der Waals surface area contributed by atoms with Gasteiger partial charge in [0.15, 0.2) is 0 Å². The SMILES string of the molecule is COCCC(=O)NCc1ccccc1CC(=O)O. The molecule has 0 aliphatic rings. The lowest BCUT2D eigenvalue weighted by atomic mass is 10.0. The van der Waals surface area contributed by atoms with Crippen molar-refractivity contribution < 1.29 is 19.4 Å². The largest absolute Gasteiger partial charge is 0.481 e. The van der Waals surface area contributed by atoms with Crippen LogP contribution in [-0.4, -0.2) is 30.7 Å². The summed E-state index contributed by atoms with van der Waals surface area (Å²) in [5.41, 5.74) is 1.54. The van der Waals surface area contributed by atoms with E-state index in [1.54, 1.807) is 12.1 Å². The third kappa shape index (κ3) is 4.97. The van der Waals surface area contributed by atoms with E-state index in [0.29, 0.717) is 19.6 Å². The van der Waals surface area contributed by atoms with Crippen LogP contribution in [0.25, 0.3) is 0 Å². The molecule has 0 unspecified atom stereocenters. The molecule has 1 aromatic carbocycles. The van der Waals surface area contributed by atoms with E-state index in [4.69, 9.17) is 9.84 Å². The monoisotopic (exact) mass is 251 g/mol. The lowest BCUT2D eigenvalue weighted by molar-refractivity contribution is -0.136. The Bertz CT molecular complexity index is 417. The van der Waals surface area contributed by atoms with Crippen molar-refractivity contribution in [2.24, 2.45) is 0 Å². The molecule has 0 heterocycles. The molecule has 0 aliphatic heterocycles. The molecule has 0 atom stereocenters. The van der Waals surface area contributed by atoms with Crippen molar-refractivity contribution in [3.05, 3.63) is 35.4 Å². The van der Waals surface area contributed by atoms with E-state index in [-0.39, 0.29) is 12.3 Å². The van der Waals surface area contributed by atoms with Crippen LogP contribution in [0.15, 0.2) is 24.3 Å². The molecule has 0 radical (unpaired) electrons. The Morgan fingerprint density at radius 2 is 1.94 bits per heavy atom. The number of carbonyl (C=O) groups is 2. The number of amides is 1. The van der Waals surface area contributed by atoms with Gasteiger partial charge in [0.25, 0.3) is 0 Å². The molecule has 0 fully saturated rings. The van der Waals surface area contributed by atoms with Crippen LogP contribution in [0.2, 0.25) is 0 Å². The lowest BCUT2D eigenvalue weighted by Crippen LogP contribution is -2.24. The Morgan fingerprint density at radius 1 is 1.28 bits per heavy atom. The number of methoxy groups -OCH3 is 1.